The van der Waals surface area contributed by atoms with Crippen molar-refractivity contribution in [2.45, 2.75) is 6.92 Å². The summed E-state index contributed by atoms with van der Waals surface area (Å²) in [7, 11) is 1.25. The number of ether oxygens (including phenoxy) is 2. The second-order valence-corrected chi connectivity index (χ2v) is 4.57. The second-order valence-electron chi connectivity index (χ2n) is 4.57. The van der Waals surface area contributed by atoms with E-state index in [1.54, 1.807) is 19.1 Å². The molecule has 1 amide bonds. The first kappa shape index (κ1) is 15.2. The van der Waals surface area contributed by atoms with Crippen molar-refractivity contribution in [3.05, 3.63) is 29.6 Å². The molecule has 0 atom stereocenters. The minimum Gasteiger partial charge on any atom is -0.452 e. The lowest BCUT2D eigenvalue weighted by molar-refractivity contribution is 0.122. The summed E-state index contributed by atoms with van der Waals surface area (Å²) in [6, 6.07) is 4.89. The molecule has 21 heavy (non-hydrogen) atoms. The number of halogens is 1. The molecule has 1 aliphatic heterocycles. The lowest BCUT2D eigenvalue weighted by atomic mass is 10.1. The molecule has 1 fully saturated rings. The van der Waals surface area contributed by atoms with Gasteiger partial charge in [-0.2, -0.15) is 5.10 Å². The average Bonchev–Trinajstić information content (AvgIpc) is 2.52. The van der Waals surface area contributed by atoms with Gasteiger partial charge in [0, 0.05) is 18.7 Å². The molecular formula is C14H18FN3O3. The van der Waals surface area contributed by atoms with Gasteiger partial charge in [0.1, 0.15) is 5.82 Å². The first-order valence-electron chi connectivity index (χ1n) is 6.62. The van der Waals surface area contributed by atoms with Crippen LogP contribution >= 0.6 is 0 Å². The third kappa shape index (κ3) is 3.91. The highest BCUT2D eigenvalue weighted by Crippen LogP contribution is 2.21. The van der Waals surface area contributed by atoms with Gasteiger partial charge in [-0.25, -0.2) is 14.6 Å². The van der Waals surface area contributed by atoms with Gasteiger partial charge < -0.3 is 14.4 Å². The van der Waals surface area contributed by atoms with Gasteiger partial charge in [-0.05, 0) is 19.1 Å². The van der Waals surface area contributed by atoms with Gasteiger partial charge in [0.15, 0.2) is 0 Å². The first-order chi connectivity index (χ1) is 10.1. The molecule has 1 heterocycles. The molecule has 0 bridgehead atoms. The zero-order valence-corrected chi connectivity index (χ0v) is 12.1. The quantitative estimate of drug-likeness (QED) is 0.681. The molecule has 6 nitrogen and oxygen atoms in total. The van der Waals surface area contributed by atoms with Crippen molar-refractivity contribution >= 4 is 17.5 Å². The van der Waals surface area contributed by atoms with Gasteiger partial charge in [-0.3, -0.25) is 0 Å². The van der Waals surface area contributed by atoms with Crippen molar-refractivity contribution in [1.82, 2.24) is 5.43 Å². The Hall–Kier alpha value is -2.15. The van der Waals surface area contributed by atoms with E-state index >= 15 is 0 Å². The minimum absolute atomic E-state index is 0.318. The average molecular weight is 295 g/mol. The van der Waals surface area contributed by atoms with Crippen LogP contribution in [0.15, 0.2) is 23.3 Å². The number of methoxy groups -OCH3 is 1. The van der Waals surface area contributed by atoms with Crippen LogP contribution in [0.4, 0.5) is 14.9 Å². The van der Waals surface area contributed by atoms with Crippen molar-refractivity contribution in [1.29, 1.82) is 0 Å². The van der Waals surface area contributed by atoms with E-state index in [1.807, 2.05) is 4.90 Å². The SMILES string of the molecule is COC(=O)N/N=C(/C)c1ccc(N2CCOCC2)c(F)c1. The molecule has 0 spiro atoms. The summed E-state index contributed by atoms with van der Waals surface area (Å²) in [6.45, 7) is 4.23. The van der Waals surface area contributed by atoms with Crippen LogP contribution in [-0.4, -0.2) is 45.2 Å². The summed E-state index contributed by atoms with van der Waals surface area (Å²) in [5.74, 6) is -0.318. The van der Waals surface area contributed by atoms with Crippen molar-refractivity contribution < 1.29 is 18.7 Å². The van der Waals surface area contributed by atoms with Crippen LogP contribution in [0, 0.1) is 5.82 Å². The number of carbonyl (C=O) groups excluding carboxylic acids is 1. The van der Waals surface area contributed by atoms with Crippen molar-refractivity contribution in [2.75, 3.05) is 38.3 Å². The van der Waals surface area contributed by atoms with Gasteiger partial charge in [0.2, 0.25) is 0 Å². The molecule has 0 radical (unpaired) electrons. The third-order valence-corrected chi connectivity index (χ3v) is 3.22. The van der Waals surface area contributed by atoms with Crippen LogP contribution in [0.3, 0.4) is 0 Å². The third-order valence-electron chi connectivity index (χ3n) is 3.22. The van der Waals surface area contributed by atoms with Crippen molar-refractivity contribution in [3.8, 4) is 0 Å². The van der Waals surface area contributed by atoms with Crippen molar-refractivity contribution in [2.24, 2.45) is 5.10 Å². The fourth-order valence-corrected chi connectivity index (χ4v) is 2.03. The summed E-state index contributed by atoms with van der Waals surface area (Å²) < 4.78 is 23.9. The maximum atomic E-state index is 14.2. The molecule has 1 N–H and O–H groups in total. The highest BCUT2D eigenvalue weighted by atomic mass is 19.1. The molecule has 1 aromatic rings. The summed E-state index contributed by atoms with van der Waals surface area (Å²) in [6.07, 6.45) is -0.667. The number of morpholine rings is 1. The molecule has 2 rings (SSSR count). The molecule has 7 heteroatoms. The van der Waals surface area contributed by atoms with Gasteiger partial charge in [0.05, 0.1) is 31.7 Å². The lowest BCUT2D eigenvalue weighted by Crippen LogP contribution is -2.36. The van der Waals surface area contributed by atoms with E-state index in [1.165, 1.54) is 13.2 Å². The van der Waals surface area contributed by atoms with Gasteiger partial charge in [0.25, 0.3) is 0 Å². The summed E-state index contributed by atoms with van der Waals surface area (Å²) in [5, 5.41) is 3.84. The van der Waals surface area contributed by atoms with Gasteiger partial charge in [-0.1, -0.05) is 6.07 Å². The number of hydrazone groups is 1. The largest absolute Gasteiger partial charge is 0.452 e. The van der Waals surface area contributed by atoms with Crippen LogP contribution in [0.2, 0.25) is 0 Å². The standard InChI is InChI=1S/C14H18FN3O3/c1-10(16-17-14(19)20-2)11-3-4-13(12(15)9-11)18-5-7-21-8-6-18/h3-4,9H,5-8H2,1-2H3,(H,17,19)/b16-10-. The van der Waals surface area contributed by atoms with E-state index in [9.17, 15) is 9.18 Å². The Morgan fingerprint density at radius 1 is 1.43 bits per heavy atom. The Bertz CT molecular complexity index is 542. The van der Waals surface area contributed by atoms with Crippen LogP contribution in [-0.2, 0) is 9.47 Å². The number of benzene rings is 1. The number of hydrogen-bond donors (Lipinski definition) is 1. The number of anilines is 1. The monoisotopic (exact) mass is 295 g/mol. The normalized spacial score (nSPS) is 15.8. The highest BCUT2D eigenvalue weighted by Gasteiger charge is 2.15. The molecular weight excluding hydrogens is 277 g/mol. The Morgan fingerprint density at radius 2 is 2.14 bits per heavy atom. The zero-order valence-electron chi connectivity index (χ0n) is 12.1. The molecule has 0 unspecified atom stereocenters. The van der Waals surface area contributed by atoms with E-state index in [-0.39, 0.29) is 5.82 Å². The molecule has 1 aromatic carbocycles. The molecule has 0 aromatic heterocycles. The Labute approximate surface area is 122 Å². The van der Waals surface area contributed by atoms with E-state index in [4.69, 9.17) is 4.74 Å². The summed E-state index contributed by atoms with van der Waals surface area (Å²) in [5.41, 5.74) is 3.85. The molecule has 0 saturated carbocycles. The lowest BCUT2D eigenvalue weighted by Gasteiger charge is -2.29. The highest BCUT2D eigenvalue weighted by molar-refractivity contribution is 5.99. The second kappa shape index (κ2) is 7.03. The maximum absolute atomic E-state index is 14.2. The molecule has 114 valence electrons. The molecule has 1 saturated heterocycles. The smallest absolute Gasteiger partial charge is 0.427 e. The first-order valence-corrected chi connectivity index (χ1v) is 6.62. The predicted molar refractivity (Wildman–Crippen MR) is 77.2 cm³/mol. The zero-order chi connectivity index (χ0) is 15.2. The fraction of sp³-hybridized carbons (Fsp3) is 0.429. The van der Waals surface area contributed by atoms with Crippen LogP contribution < -0.4 is 10.3 Å². The van der Waals surface area contributed by atoms with Crippen LogP contribution in [0.25, 0.3) is 0 Å². The Morgan fingerprint density at radius 3 is 2.76 bits per heavy atom. The molecule has 0 aliphatic carbocycles. The number of hydrogen-bond acceptors (Lipinski definition) is 5. The Balaban J connectivity index is 2.12. The number of carbonyl (C=O) groups is 1. The van der Waals surface area contributed by atoms with E-state index in [2.05, 4.69) is 15.3 Å². The Kier molecular flexibility index (Phi) is 5.10. The summed E-state index contributed by atoms with van der Waals surface area (Å²) in [4.78, 5) is 12.9. The summed E-state index contributed by atoms with van der Waals surface area (Å²) >= 11 is 0. The van der Waals surface area contributed by atoms with E-state index in [0.717, 1.165) is 0 Å². The number of amides is 1. The molecule has 1 aliphatic rings. The van der Waals surface area contributed by atoms with Crippen LogP contribution in [0.1, 0.15) is 12.5 Å². The van der Waals surface area contributed by atoms with E-state index in [0.29, 0.717) is 43.3 Å². The van der Waals surface area contributed by atoms with Crippen molar-refractivity contribution in [3.63, 3.8) is 0 Å². The fourth-order valence-electron chi connectivity index (χ4n) is 2.03. The van der Waals surface area contributed by atoms with E-state index < -0.39 is 6.09 Å². The predicted octanol–water partition coefficient (Wildman–Crippen LogP) is 1.74. The number of nitrogens with one attached hydrogen (secondary N) is 1. The maximum Gasteiger partial charge on any atom is 0.427 e. The van der Waals surface area contributed by atoms with Gasteiger partial charge in [-0.15, -0.1) is 0 Å². The number of rotatable bonds is 3. The topological polar surface area (TPSA) is 63.2 Å². The van der Waals surface area contributed by atoms with Gasteiger partial charge >= 0.3 is 6.09 Å². The van der Waals surface area contributed by atoms with Crippen LogP contribution in [0.5, 0.6) is 0 Å². The number of nitrogens with zero attached hydrogens (tertiary/aromatic N) is 2. The minimum atomic E-state index is -0.667.